The van der Waals surface area contributed by atoms with Gasteiger partial charge in [-0.2, -0.15) is 5.10 Å². The molecule has 0 radical (unpaired) electrons. The summed E-state index contributed by atoms with van der Waals surface area (Å²) in [5.41, 5.74) is 6.66. The molecule has 1 saturated heterocycles. The van der Waals surface area contributed by atoms with Crippen LogP contribution >= 0.6 is 0 Å². The molecule has 168 valence electrons. The maximum Gasteiger partial charge on any atom is 0.175 e. The van der Waals surface area contributed by atoms with Crippen molar-refractivity contribution in [3.63, 3.8) is 0 Å². The Bertz CT molecular complexity index is 1320. The molecule has 7 nitrogen and oxygen atoms in total. The third-order valence-corrected chi connectivity index (χ3v) is 6.88. The molecule has 32 heavy (non-hydrogen) atoms. The second kappa shape index (κ2) is 7.55. The molecule has 0 spiro atoms. The number of piperazine rings is 1. The molecule has 1 aliphatic rings. The summed E-state index contributed by atoms with van der Waals surface area (Å²) in [4.78, 5) is 16.8. The Morgan fingerprint density at radius 2 is 1.94 bits per heavy atom. The van der Waals surface area contributed by atoms with Crippen molar-refractivity contribution in [2.75, 3.05) is 31.6 Å². The average molecular weight is 436 g/mol. The first-order chi connectivity index (χ1) is 15.3. The fraction of sp³-hybridized carbons (Fsp3) is 0.458. The molecule has 4 aromatic heterocycles. The third kappa shape index (κ3) is 3.08. The molecule has 1 unspecified atom stereocenters. The van der Waals surface area contributed by atoms with E-state index in [0.717, 1.165) is 58.7 Å². The predicted octanol–water partition coefficient (Wildman–Crippen LogP) is 4.29. The second-order valence-electron chi connectivity index (χ2n) is 9.38. The highest BCUT2D eigenvalue weighted by atomic mass is 19.1. The summed E-state index contributed by atoms with van der Waals surface area (Å²) >= 11 is 0. The van der Waals surface area contributed by atoms with Gasteiger partial charge in [-0.1, -0.05) is 13.8 Å². The molecule has 0 aliphatic carbocycles. The molecular formula is C24H30FN7. The summed E-state index contributed by atoms with van der Waals surface area (Å²) in [7, 11) is 2.10. The van der Waals surface area contributed by atoms with E-state index >= 15 is 4.39 Å². The van der Waals surface area contributed by atoms with Gasteiger partial charge < -0.3 is 14.8 Å². The van der Waals surface area contributed by atoms with E-state index in [9.17, 15) is 0 Å². The molecule has 4 aromatic rings. The molecule has 0 bridgehead atoms. The van der Waals surface area contributed by atoms with Crippen LogP contribution in [0.4, 0.5) is 10.2 Å². The smallest absolute Gasteiger partial charge is 0.175 e. The summed E-state index contributed by atoms with van der Waals surface area (Å²) in [6.45, 7) is 13.0. The summed E-state index contributed by atoms with van der Waals surface area (Å²) in [6, 6.07) is 0.203. The summed E-state index contributed by atoms with van der Waals surface area (Å²) in [5.74, 6) is 0.339. The highest BCUT2D eigenvalue weighted by Crippen LogP contribution is 2.40. The van der Waals surface area contributed by atoms with E-state index < -0.39 is 0 Å². The molecule has 1 N–H and O–H groups in total. The normalized spacial score (nSPS) is 17.9. The molecule has 1 aliphatic heterocycles. The van der Waals surface area contributed by atoms with Crippen molar-refractivity contribution < 1.29 is 4.39 Å². The Balaban J connectivity index is 1.73. The number of likely N-dealkylation sites (N-methyl/N-ethyl adjacent to an activating group) is 1. The van der Waals surface area contributed by atoms with Crippen LogP contribution in [0.5, 0.6) is 0 Å². The SMILES string of the molecule is Cc1c(-c2[nH]c3cnc(N4CCN(C)CC4C)c(F)c3c2C(C)C)cn2ncnc2c1C. The van der Waals surface area contributed by atoms with Crippen molar-refractivity contribution in [1.29, 1.82) is 0 Å². The van der Waals surface area contributed by atoms with Gasteiger partial charge >= 0.3 is 0 Å². The number of nitrogens with one attached hydrogen (secondary N) is 1. The molecule has 5 rings (SSSR count). The highest BCUT2D eigenvalue weighted by molar-refractivity contribution is 5.94. The fourth-order valence-corrected chi connectivity index (χ4v) is 5.06. The monoisotopic (exact) mass is 435 g/mol. The van der Waals surface area contributed by atoms with Gasteiger partial charge in [0.05, 0.1) is 17.4 Å². The van der Waals surface area contributed by atoms with Crippen LogP contribution in [0.25, 0.3) is 27.8 Å². The van der Waals surface area contributed by atoms with Gasteiger partial charge in [-0.25, -0.2) is 18.9 Å². The van der Waals surface area contributed by atoms with Crippen molar-refractivity contribution in [1.82, 2.24) is 29.5 Å². The van der Waals surface area contributed by atoms with Crippen LogP contribution in [0.15, 0.2) is 18.7 Å². The van der Waals surface area contributed by atoms with Crippen molar-refractivity contribution in [3.8, 4) is 11.3 Å². The predicted molar refractivity (Wildman–Crippen MR) is 126 cm³/mol. The quantitative estimate of drug-likeness (QED) is 0.520. The summed E-state index contributed by atoms with van der Waals surface area (Å²) in [5, 5.41) is 4.98. The van der Waals surface area contributed by atoms with E-state index in [1.165, 1.54) is 0 Å². The topological polar surface area (TPSA) is 65.4 Å². The van der Waals surface area contributed by atoms with E-state index in [2.05, 4.69) is 71.5 Å². The van der Waals surface area contributed by atoms with Gasteiger partial charge in [-0.05, 0) is 50.4 Å². The Hall–Kier alpha value is -3.00. The maximum absolute atomic E-state index is 16.1. The Kier molecular flexibility index (Phi) is 4.93. The highest BCUT2D eigenvalue weighted by Gasteiger charge is 2.29. The molecule has 1 atom stereocenters. The number of rotatable bonds is 3. The first kappa shape index (κ1) is 20.9. The average Bonchev–Trinajstić information content (AvgIpc) is 3.36. The molecule has 5 heterocycles. The lowest BCUT2D eigenvalue weighted by Crippen LogP contribution is -2.51. The number of fused-ring (bicyclic) bond motifs is 2. The molecule has 0 amide bonds. The first-order valence-corrected chi connectivity index (χ1v) is 11.2. The zero-order valence-electron chi connectivity index (χ0n) is 19.6. The minimum Gasteiger partial charge on any atom is -0.353 e. The summed E-state index contributed by atoms with van der Waals surface area (Å²) < 4.78 is 17.9. The number of H-pyrrole nitrogens is 1. The first-order valence-electron chi connectivity index (χ1n) is 11.2. The Morgan fingerprint density at radius 1 is 1.16 bits per heavy atom. The number of aromatic amines is 1. The Morgan fingerprint density at radius 3 is 2.66 bits per heavy atom. The van der Waals surface area contributed by atoms with Gasteiger partial charge in [-0.15, -0.1) is 0 Å². The van der Waals surface area contributed by atoms with Gasteiger partial charge in [-0.3, -0.25) is 0 Å². The molecule has 0 saturated carbocycles. The number of hydrogen-bond acceptors (Lipinski definition) is 5. The minimum absolute atomic E-state index is 0.125. The van der Waals surface area contributed by atoms with E-state index in [4.69, 9.17) is 0 Å². The van der Waals surface area contributed by atoms with Gasteiger partial charge in [0.15, 0.2) is 17.3 Å². The standard InChI is InChI=1S/C24H30FN7/c1-13(2)19-20-18(9-26-24(21(20)25)31-8-7-30(6)10-14(31)3)29-22(19)17-11-32-23(27-12-28-32)16(5)15(17)4/h9,11-14,29H,7-8,10H2,1-6H3. The van der Waals surface area contributed by atoms with E-state index in [1.807, 2.05) is 6.20 Å². The van der Waals surface area contributed by atoms with Crippen LogP contribution in [-0.4, -0.2) is 62.2 Å². The second-order valence-corrected chi connectivity index (χ2v) is 9.38. The van der Waals surface area contributed by atoms with Crippen molar-refractivity contribution in [2.24, 2.45) is 0 Å². The van der Waals surface area contributed by atoms with E-state index in [1.54, 1.807) is 17.0 Å². The Labute approximate surface area is 187 Å². The zero-order valence-corrected chi connectivity index (χ0v) is 19.6. The van der Waals surface area contributed by atoms with Crippen LogP contribution in [-0.2, 0) is 0 Å². The van der Waals surface area contributed by atoms with Gasteiger partial charge in [0.2, 0.25) is 0 Å². The largest absolute Gasteiger partial charge is 0.353 e. The van der Waals surface area contributed by atoms with Gasteiger partial charge in [0.25, 0.3) is 0 Å². The molecule has 1 fully saturated rings. The fourth-order valence-electron chi connectivity index (χ4n) is 5.06. The molecular weight excluding hydrogens is 405 g/mol. The number of anilines is 1. The third-order valence-electron chi connectivity index (χ3n) is 6.88. The number of halogens is 1. The summed E-state index contributed by atoms with van der Waals surface area (Å²) in [6.07, 6.45) is 5.33. The van der Waals surface area contributed by atoms with E-state index in [-0.39, 0.29) is 17.8 Å². The zero-order chi connectivity index (χ0) is 22.7. The lowest BCUT2D eigenvalue weighted by Gasteiger charge is -2.39. The lowest BCUT2D eigenvalue weighted by atomic mass is 9.94. The van der Waals surface area contributed by atoms with Crippen LogP contribution in [0.2, 0.25) is 0 Å². The lowest BCUT2D eigenvalue weighted by molar-refractivity contribution is 0.273. The van der Waals surface area contributed by atoms with Crippen LogP contribution < -0.4 is 4.90 Å². The van der Waals surface area contributed by atoms with E-state index in [0.29, 0.717) is 11.2 Å². The van der Waals surface area contributed by atoms with Crippen LogP contribution in [0.3, 0.4) is 0 Å². The number of hydrogen-bond donors (Lipinski definition) is 1. The van der Waals surface area contributed by atoms with Crippen molar-refractivity contribution in [3.05, 3.63) is 41.2 Å². The van der Waals surface area contributed by atoms with Crippen LogP contribution in [0, 0.1) is 19.7 Å². The maximum atomic E-state index is 16.1. The van der Waals surface area contributed by atoms with Gasteiger partial charge in [0.1, 0.15) is 6.33 Å². The number of nitrogens with zero attached hydrogens (tertiary/aromatic N) is 6. The van der Waals surface area contributed by atoms with Gasteiger partial charge in [0, 0.05) is 42.8 Å². The number of pyridine rings is 2. The van der Waals surface area contributed by atoms with Crippen molar-refractivity contribution in [2.45, 2.75) is 46.6 Å². The number of aryl methyl sites for hydroxylation is 1. The molecule has 0 aromatic carbocycles. The minimum atomic E-state index is -0.235. The molecule has 8 heteroatoms. The van der Waals surface area contributed by atoms with Crippen LogP contribution in [0.1, 0.15) is 43.4 Å². The number of aromatic nitrogens is 5. The van der Waals surface area contributed by atoms with Crippen molar-refractivity contribution >= 4 is 22.4 Å².